The standard InChI is InChI=1S/C20H24ClF3O/c1-2-19(20(22,23)24)11-10-16-12-17(21)15(13-18(16)25-19)9-8-14-6-4-3-5-7-14/h10-14H,2-9H2,1H3. The summed E-state index contributed by atoms with van der Waals surface area (Å²) in [6.45, 7) is 1.49. The predicted molar refractivity (Wildman–Crippen MR) is 95.1 cm³/mol. The molecule has 1 aromatic carbocycles. The minimum atomic E-state index is -4.45. The number of hydrogen-bond acceptors (Lipinski definition) is 1. The third-order valence-corrected chi connectivity index (χ3v) is 5.91. The van der Waals surface area contributed by atoms with Gasteiger partial charge in [-0.1, -0.05) is 56.7 Å². The van der Waals surface area contributed by atoms with E-state index in [1.165, 1.54) is 45.1 Å². The Hall–Kier alpha value is -1.16. The highest BCUT2D eigenvalue weighted by atomic mass is 35.5. The molecule has 1 aliphatic heterocycles. The second kappa shape index (κ2) is 7.22. The normalized spacial score (nSPS) is 24.0. The van der Waals surface area contributed by atoms with Crippen molar-refractivity contribution in [3.63, 3.8) is 0 Å². The van der Waals surface area contributed by atoms with E-state index in [0.29, 0.717) is 16.5 Å². The van der Waals surface area contributed by atoms with Gasteiger partial charge in [-0.15, -0.1) is 0 Å². The van der Waals surface area contributed by atoms with Crippen LogP contribution < -0.4 is 4.74 Å². The summed E-state index contributed by atoms with van der Waals surface area (Å²) < 4.78 is 45.8. The van der Waals surface area contributed by atoms with Gasteiger partial charge < -0.3 is 4.74 Å². The van der Waals surface area contributed by atoms with Crippen molar-refractivity contribution in [3.8, 4) is 5.75 Å². The molecule has 0 radical (unpaired) electrons. The molecule has 2 aliphatic rings. The number of fused-ring (bicyclic) bond motifs is 1. The number of halogens is 4. The SMILES string of the molecule is CCC1(C(F)(F)F)C=Cc2cc(Cl)c(CCC3CCCCC3)cc2O1. The Morgan fingerprint density at radius 2 is 1.92 bits per heavy atom. The van der Waals surface area contributed by atoms with E-state index in [0.717, 1.165) is 24.5 Å². The maximum Gasteiger partial charge on any atom is 0.432 e. The number of benzene rings is 1. The molecular weight excluding hydrogens is 349 g/mol. The van der Waals surface area contributed by atoms with Gasteiger partial charge in [0, 0.05) is 10.6 Å². The van der Waals surface area contributed by atoms with E-state index in [4.69, 9.17) is 16.3 Å². The summed E-state index contributed by atoms with van der Waals surface area (Å²) in [5.74, 6) is 0.983. The molecule has 0 spiro atoms. The lowest BCUT2D eigenvalue weighted by Crippen LogP contribution is -2.49. The molecule has 1 unspecified atom stereocenters. The minimum absolute atomic E-state index is 0.160. The number of aryl methyl sites for hydroxylation is 1. The molecule has 1 saturated carbocycles. The topological polar surface area (TPSA) is 9.23 Å². The van der Waals surface area contributed by atoms with Crippen LogP contribution >= 0.6 is 11.6 Å². The molecule has 1 atom stereocenters. The summed E-state index contributed by atoms with van der Waals surface area (Å²) in [7, 11) is 0. The van der Waals surface area contributed by atoms with E-state index in [-0.39, 0.29) is 12.2 Å². The molecule has 1 nitrogen and oxygen atoms in total. The highest BCUT2D eigenvalue weighted by Crippen LogP contribution is 2.44. The first kappa shape index (κ1) is 18.6. The average molecular weight is 373 g/mol. The Morgan fingerprint density at radius 3 is 2.56 bits per heavy atom. The summed E-state index contributed by atoms with van der Waals surface area (Å²) in [6.07, 6.45) is 6.16. The summed E-state index contributed by atoms with van der Waals surface area (Å²) >= 11 is 6.36. The quantitative estimate of drug-likeness (QED) is 0.554. The summed E-state index contributed by atoms with van der Waals surface area (Å²) in [5, 5.41) is 0.610. The molecule has 0 N–H and O–H groups in total. The first-order valence-electron chi connectivity index (χ1n) is 9.12. The van der Waals surface area contributed by atoms with E-state index in [1.54, 1.807) is 12.1 Å². The zero-order chi connectivity index (χ0) is 18.1. The molecule has 0 amide bonds. The van der Waals surface area contributed by atoms with Crippen LogP contribution in [0.4, 0.5) is 13.2 Å². The number of ether oxygens (including phenoxy) is 1. The molecule has 0 bridgehead atoms. The van der Waals surface area contributed by atoms with Gasteiger partial charge in [-0.05, 0) is 49.0 Å². The van der Waals surface area contributed by atoms with Crippen LogP contribution in [0.3, 0.4) is 0 Å². The minimum Gasteiger partial charge on any atom is -0.473 e. The monoisotopic (exact) mass is 372 g/mol. The molecule has 5 heteroatoms. The van der Waals surface area contributed by atoms with E-state index in [1.807, 2.05) is 0 Å². The Bertz CT molecular complexity index is 647. The average Bonchev–Trinajstić information content (AvgIpc) is 2.59. The molecular formula is C20H24ClF3O. The Balaban J connectivity index is 1.80. The summed E-state index contributed by atoms with van der Waals surface area (Å²) in [4.78, 5) is 0. The van der Waals surface area contributed by atoms with Crippen molar-refractivity contribution in [2.45, 2.75) is 70.1 Å². The van der Waals surface area contributed by atoms with Crippen LogP contribution in [0.5, 0.6) is 5.75 Å². The summed E-state index contributed by atoms with van der Waals surface area (Å²) in [5.41, 5.74) is -0.748. The first-order valence-corrected chi connectivity index (χ1v) is 9.50. The van der Waals surface area contributed by atoms with Crippen LogP contribution in [0.15, 0.2) is 18.2 Å². The zero-order valence-electron chi connectivity index (χ0n) is 14.5. The fraction of sp³-hybridized carbons (Fsp3) is 0.600. The molecule has 1 fully saturated rings. The van der Waals surface area contributed by atoms with E-state index in [2.05, 4.69) is 0 Å². The van der Waals surface area contributed by atoms with Gasteiger partial charge in [-0.3, -0.25) is 0 Å². The number of rotatable bonds is 4. The van der Waals surface area contributed by atoms with Gasteiger partial charge >= 0.3 is 6.18 Å². The summed E-state index contributed by atoms with van der Waals surface area (Å²) in [6, 6.07) is 3.43. The number of alkyl halides is 3. The maximum atomic E-state index is 13.5. The lowest BCUT2D eigenvalue weighted by Gasteiger charge is -2.36. The zero-order valence-corrected chi connectivity index (χ0v) is 15.2. The molecule has 0 aromatic heterocycles. The molecule has 1 aromatic rings. The van der Waals surface area contributed by atoms with Crippen molar-refractivity contribution in [1.82, 2.24) is 0 Å². The molecule has 0 saturated heterocycles. The van der Waals surface area contributed by atoms with Crippen LogP contribution in [0, 0.1) is 5.92 Å². The van der Waals surface area contributed by atoms with Crippen LogP contribution in [0.2, 0.25) is 5.02 Å². The molecule has 138 valence electrons. The second-order valence-electron chi connectivity index (χ2n) is 7.20. The van der Waals surface area contributed by atoms with Gasteiger partial charge in [0.25, 0.3) is 0 Å². The van der Waals surface area contributed by atoms with Gasteiger partial charge in [0.05, 0.1) is 0 Å². The van der Waals surface area contributed by atoms with Gasteiger partial charge in [-0.25, -0.2) is 0 Å². The van der Waals surface area contributed by atoms with Crippen molar-refractivity contribution >= 4 is 17.7 Å². The lowest BCUT2D eigenvalue weighted by atomic mass is 9.85. The third kappa shape index (κ3) is 3.84. The van der Waals surface area contributed by atoms with E-state index in [9.17, 15) is 13.2 Å². The van der Waals surface area contributed by atoms with Gasteiger partial charge in [0.1, 0.15) is 5.75 Å². The van der Waals surface area contributed by atoms with E-state index < -0.39 is 11.8 Å². The second-order valence-corrected chi connectivity index (χ2v) is 7.61. The van der Waals surface area contributed by atoms with Gasteiger partial charge in [0.2, 0.25) is 5.60 Å². The largest absolute Gasteiger partial charge is 0.473 e. The highest BCUT2D eigenvalue weighted by Gasteiger charge is 2.55. The first-order chi connectivity index (χ1) is 11.8. The Kier molecular flexibility index (Phi) is 5.38. The lowest BCUT2D eigenvalue weighted by molar-refractivity contribution is -0.230. The molecule has 25 heavy (non-hydrogen) atoms. The van der Waals surface area contributed by atoms with Crippen LogP contribution in [-0.4, -0.2) is 11.8 Å². The van der Waals surface area contributed by atoms with Gasteiger partial charge in [-0.2, -0.15) is 13.2 Å². The third-order valence-electron chi connectivity index (χ3n) is 5.55. The van der Waals surface area contributed by atoms with E-state index >= 15 is 0 Å². The number of hydrogen-bond donors (Lipinski definition) is 0. The van der Waals surface area contributed by atoms with Gasteiger partial charge in [0.15, 0.2) is 0 Å². The fourth-order valence-electron chi connectivity index (χ4n) is 3.85. The predicted octanol–water partition coefficient (Wildman–Crippen LogP) is 6.97. The van der Waals surface area contributed by atoms with Crippen molar-refractivity contribution in [2.75, 3.05) is 0 Å². The Labute approximate surface area is 152 Å². The highest BCUT2D eigenvalue weighted by molar-refractivity contribution is 6.31. The van der Waals surface area contributed by atoms with Crippen LogP contribution in [0.25, 0.3) is 6.08 Å². The maximum absolute atomic E-state index is 13.5. The van der Waals surface area contributed by atoms with Crippen molar-refractivity contribution < 1.29 is 17.9 Å². The van der Waals surface area contributed by atoms with Crippen LogP contribution in [-0.2, 0) is 6.42 Å². The Morgan fingerprint density at radius 1 is 1.20 bits per heavy atom. The molecule has 3 rings (SSSR count). The fourth-order valence-corrected chi connectivity index (χ4v) is 4.12. The molecule has 1 aliphatic carbocycles. The molecule has 1 heterocycles. The van der Waals surface area contributed by atoms with Crippen molar-refractivity contribution in [2.24, 2.45) is 5.92 Å². The van der Waals surface area contributed by atoms with Crippen molar-refractivity contribution in [3.05, 3.63) is 34.4 Å². The smallest absolute Gasteiger partial charge is 0.432 e. The van der Waals surface area contributed by atoms with Crippen LogP contribution in [0.1, 0.15) is 63.0 Å². The van der Waals surface area contributed by atoms with Crippen molar-refractivity contribution in [1.29, 1.82) is 0 Å².